The van der Waals surface area contributed by atoms with Crippen LogP contribution in [0, 0.1) is 20.8 Å². The Balaban J connectivity index is 2.29. The maximum atomic E-state index is 10.4. The summed E-state index contributed by atoms with van der Waals surface area (Å²) in [6.45, 7) is 5.91. The van der Waals surface area contributed by atoms with Gasteiger partial charge in [-0.3, -0.25) is 0 Å². The van der Waals surface area contributed by atoms with Gasteiger partial charge in [-0.2, -0.15) is 5.10 Å². The third-order valence-corrected chi connectivity index (χ3v) is 3.68. The average molecular weight is 278 g/mol. The van der Waals surface area contributed by atoms with Gasteiger partial charge in [-0.15, -0.1) is 0 Å². The Kier molecular flexibility index (Phi) is 3.26. The van der Waals surface area contributed by atoms with Crippen LogP contribution in [-0.2, 0) is 0 Å². The van der Waals surface area contributed by atoms with Gasteiger partial charge < -0.3 is 5.11 Å². The Labute approximate surface area is 124 Å². The highest BCUT2D eigenvalue weighted by Crippen LogP contribution is 2.35. The van der Waals surface area contributed by atoms with E-state index in [1.165, 1.54) is 0 Å². The largest absolute Gasteiger partial charge is 0.504 e. The smallest absolute Gasteiger partial charge is 0.165 e. The fourth-order valence-corrected chi connectivity index (χ4v) is 2.55. The highest BCUT2D eigenvalue weighted by Gasteiger charge is 2.18. The van der Waals surface area contributed by atoms with Gasteiger partial charge in [0, 0.05) is 5.56 Å². The molecule has 0 amide bonds. The van der Waals surface area contributed by atoms with E-state index in [1.54, 1.807) is 0 Å². The Morgan fingerprint density at radius 2 is 1.71 bits per heavy atom. The molecule has 0 bridgehead atoms. The summed E-state index contributed by atoms with van der Waals surface area (Å²) in [4.78, 5) is 0. The molecule has 0 aliphatic rings. The van der Waals surface area contributed by atoms with Crippen molar-refractivity contribution in [3.8, 4) is 22.7 Å². The second-order valence-electron chi connectivity index (χ2n) is 5.35. The molecule has 3 aromatic rings. The summed E-state index contributed by atoms with van der Waals surface area (Å²) in [5, 5.41) is 14.9. The van der Waals surface area contributed by atoms with Gasteiger partial charge in [0.2, 0.25) is 0 Å². The van der Waals surface area contributed by atoms with E-state index in [-0.39, 0.29) is 5.75 Å². The average Bonchev–Trinajstić information content (AvgIpc) is 2.76. The zero-order valence-electron chi connectivity index (χ0n) is 12.5. The first-order chi connectivity index (χ1) is 10.1. The molecule has 0 radical (unpaired) electrons. The highest BCUT2D eigenvalue weighted by molar-refractivity contribution is 5.72. The van der Waals surface area contributed by atoms with E-state index < -0.39 is 0 Å². The van der Waals surface area contributed by atoms with E-state index in [9.17, 15) is 5.11 Å². The van der Waals surface area contributed by atoms with Crippen LogP contribution in [0.5, 0.6) is 5.75 Å². The molecule has 1 heterocycles. The van der Waals surface area contributed by atoms with Crippen molar-refractivity contribution < 1.29 is 5.11 Å². The summed E-state index contributed by atoms with van der Waals surface area (Å²) in [7, 11) is 0. The third-order valence-electron chi connectivity index (χ3n) is 3.68. The molecule has 1 N–H and O–H groups in total. The zero-order chi connectivity index (χ0) is 15.0. The summed E-state index contributed by atoms with van der Waals surface area (Å²) >= 11 is 0. The lowest BCUT2D eigenvalue weighted by Gasteiger charge is -2.10. The van der Waals surface area contributed by atoms with Crippen molar-refractivity contribution in [2.24, 2.45) is 0 Å². The van der Waals surface area contributed by atoms with Gasteiger partial charge in [-0.1, -0.05) is 36.4 Å². The monoisotopic (exact) mass is 278 g/mol. The van der Waals surface area contributed by atoms with Crippen molar-refractivity contribution in [1.29, 1.82) is 0 Å². The molecule has 0 saturated carbocycles. The normalized spacial score (nSPS) is 10.8. The summed E-state index contributed by atoms with van der Waals surface area (Å²) in [6, 6.07) is 16.1. The molecule has 1 aromatic heterocycles. The molecule has 106 valence electrons. The van der Waals surface area contributed by atoms with Crippen LogP contribution in [0.15, 0.2) is 48.5 Å². The Bertz CT molecular complexity index is 803. The minimum Gasteiger partial charge on any atom is -0.504 e. The molecule has 0 spiro atoms. The molecule has 0 fully saturated rings. The predicted molar refractivity (Wildman–Crippen MR) is 84.9 cm³/mol. The number of aryl methyl sites for hydroxylation is 3. The second kappa shape index (κ2) is 5.09. The Hall–Kier alpha value is -2.55. The van der Waals surface area contributed by atoms with Crippen LogP contribution in [0.4, 0.5) is 0 Å². The summed E-state index contributed by atoms with van der Waals surface area (Å²) in [5.74, 6) is 0.241. The van der Waals surface area contributed by atoms with Crippen LogP contribution >= 0.6 is 0 Å². The molecule has 3 nitrogen and oxygen atoms in total. The lowest BCUT2D eigenvalue weighted by Crippen LogP contribution is -2.00. The standard InChI is InChI=1S/C18H18N2O/c1-12-7-6-9-15(11-12)20-17(18(21)14(3)19-20)16-10-5-4-8-13(16)2/h4-11,21H,1-3H3. The zero-order valence-corrected chi connectivity index (χ0v) is 12.5. The number of hydrogen-bond acceptors (Lipinski definition) is 2. The van der Waals surface area contributed by atoms with E-state index in [2.05, 4.69) is 11.2 Å². The van der Waals surface area contributed by atoms with Gasteiger partial charge in [0.05, 0.1) is 5.69 Å². The van der Waals surface area contributed by atoms with Gasteiger partial charge in [0.25, 0.3) is 0 Å². The van der Waals surface area contributed by atoms with E-state index in [0.29, 0.717) is 5.69 Å². The van der Waals surface area contributed by atoms with Crippen molar-refractivity contribution in [2.45, 2.75) is 20.8 Å². The predicted octanol–water partition coefficient (Wildman–Crippen LogP) is 4.17. The maximum absolute atomic E-state index is 10.4. The number of aromatic hydroxyl groups is 1. The van der Waals surface area contributed by atoms with Crippen LogP contribution in [0.3, 0.4) is 0 Å². The summed E-state index contributed by atoms with van der Waals surface area (Å²) in [6.07, 6.45) is 0. The van der Waals surface area contributed by atoms with Crippen molar-refractivity contribution in [3.05, 3.63) is 65.4 Å². The molecule has 3 heteroatoms. The van der Waals surface area contributed by atoms with Crippen LogP contribution in [-0.4, -0.2) is 14.9 Å². The molecule has 0 aliphatic carbocycles. The fourth-order valence-electron chi connectivity index (χ4n) is 2.55. The van der Waals surface area contributed by atoms with Crippen LogP contribution in [0.25, 0.3) is 16.9 Å². The van der Waals surface area contributed by atoms with Gasteiger partial charge in [-0.25, -0.2) is 4.68 Å². The van der Waals surface area contributed by atoms with Crippen molar-refractivity contribution in [3.63, 3.8) is 0 Å². The second-order valence-corrected chi connectivity index (χ2v) is 5.35. The third kappa shape index (κ3) is 2.31. The number of nitrogens with zero attached hydrogens (tertiary/aromatic N) is 2. The minimum atomic E-state index is 0.241. The van der Waals surface area contributed by atoms with E-state index in [4.69, 9.17) is 0 Å². The number of hydrogen-bond donors (Lipinski definition) is 1. The van der Waals surface area contributed by atoms with Crippen LogP contribution < -0.4 is 0 Å². The van der Waals surface area contributed by atoms with Crippen LogP contribution in [0.2, 0.25) is 0 Å². The lowest BCUT2D eigenvalue weighted by molar-refractivity contribution is 0.473. The molecule has 0 atom stereocenters. The van der Waals surface area contributed by atoms with Gasteiger partial charge in [-0.05, 0) is 44.0 Å². The SMILES string of the molecule is Cc1cccc(-n2nc(C)c(O)c2-c2ccccc2C)c1. The minimum absolute atomic E-state index is 0.241. The van der Waals surface area contributed by atoms with Gasteiger partial charge in [0.1, 0.15) is 11.4 Å². The first-order valence-corrected chi connectivity index (χ1v) is 6.99. The van der Waals surface area contributed by atoms with Gasteiger partial charge in [0.15, 0.2) is 5.75 Å². The lowest BCUT2D eigenvalue weighted by atomic mass is 10.0. The summed E-state index contributed by atoms with van der Waals surface area (Å²) < 4.78 is 1.82. The summed E-state index contributed by atoms with van der Waals surface area (Å²) in [5.41, 5.74) is 5.61. The molecule has 2 aromatic carbocycles. The number of benzene rings is 2. The first-order valence-electron chi connectivity index (χ1n) is 6.99. The molecule has 0 saturated heterocycles. The van der Waals surface area contributed by atoms with E-state index in [1.807, 2.05) is 67.9 Å². The van der Waals surface area contributed by atoms with E-state index in [0.717, 1.165) is 28.1 Å². The Morgan fingerprint density at radius 1 is 0.952 bits per heavy atom. The molecule has 0 aliphatic heterocycles. The van der Waals surface area contributed by atoms with Crippen LogP contribution in [0.1, 0.15) is 16.8 Å². The van der Waals surface area contributed by atoms with Crippen molar-refractivity contribution in [1.82, 2.24) is 9.78 Å². The van der Waals surface area contributed by atoms with Crippen molar-refractivity contribution >= 4 is 0 Å². The molecular formula is C18H18N2O. The van der Waals surface area contributed by atoms with Crippen molar-refractivity contribution in [2.75, 3.05) is 0 Å². The topological polar surface area (TPSA) is 38.0 Å². The number of rotatable bonds is 2. The van der Waals surface area contributed by atoms with E-state index >= 15 is 0 Å². The highest BCUT2D eigenvalue weighted by atomic mass is 16.3. The fraction of sp³-hybridized carbons (Fsp3) is 0.167. The molecule has 3 rings (SSSR count). The quantitative estimate of drug-likeness (QED) is 0.764. The Morgan fingerprint density at radius 3 is 2.43 bits per heavy atom. The molecule has 21 heavy (non-hydrogen) atoms. The first kappa shape index (κ1) is 13.4. The maximum Gasteiger partial charge on any atom is 0.165 e. The number of aromatic nitrogens is 2. The molecule has 0 unspecified atom stereocenters. The van der Waals surface area contributed by atoms with Gasteiger partial charge >= 0.3 is 0 Å². The molecular weight excluding hydrogens is 260 g/mol.